The molecule has 2 N–H and O–H groups in total. The minimum absolute atomic E-state index is 0.0384. The maximum absolute atomic E-state index is 14.2. The predicted molar refractivity (Wildman–Crippen MR) is 117 cm³/mol. The van der Waals surface area contributed by atoms with Crippen LogP contribution in [0.5, 0.6) is 0 Å². The van der Waals surface area contributed by atoms with Gasteiger partial charge in [-0.15, -0.1) is 0 Å². The monoisotopic (exact) mass is 500 g/mol. The Balaban J connectivity index is 1.66. The van der Waals surface area contributed by atoms with Crippen molar-refractivity contribution in [2.24, 2.45) is 0 Å². The molecule has 0 saturated carbocycles. The van der Waals surface area contributed by atoms with E-state index >= 15 is 0 Å². The van der Waals surface area contributed by atoms with Crippen LogP contribution in [0, 0.1) is 5.82 Å². The summed E-state index contributed by atoms with van der Waals surface area (Å²) in [6, 6.07) is 10.3. The van der Waals surface area contributed by atoms with Crippen molar-refractivity contribution in [3.63, 3.8) is 0 Å². The lowest BCUT2D eigenvalue weighted by atomic mass is 10.2. The van der Waals surface area contributed by atoms with E-state index in [1.807, 2.05) is 0 Å². The molecular weight excluding hydrogens is 480 g/mol. The lowest BCUT2D eigenvalue weighted by Crippen LogP contribution is -2.29. The Kier molecular flexibility index (Phi) is 8.48. The van der Waals surface area contributed by atoms with Gasteiger partial charge in [0.2, 0.25) is 0 Å². The zero-order valence-corrected chi connectivity index (χ0v) is 18.7. The van der Waals surface area contributed by atoms with Crippen LogP contribution >= 0.6 is 11.6 Å². The predicted octanol–water partition coefficient (Wildman–Crippen LogP) is 5.17. The normalized spacial score (nSPS) is 11.5. The number of hydrogen-bond acceptors (Lipinski definition) is 4. The number of nitrogens with one attached hydrogen (secondary N) is 2. The average molecular weight is 501 g/mol. The third-order valence-electron chi connectivity index (χ3n) is 4.56. The molecule has 34 heavy (non-hydrogen) atoms. The summed E-state index contributed by atoms with van der Waals surface area (Å²) in [5.41, 5.74) is -0.290. The number of halogens is 5. The molecule has 3 rings (SSSR count). The van der Waals surface area contributed by atoms with Crippen LogP contribution in [0.1, 0.15) is 17.0 Å². The third kappa shape index (κ3) is 6.92. The molecule has 0 spiro atoms. The van der Waals surface area contributed by atoms with Gasteiger partial charge in [-0.25, -0.2) is 13.9 Å². The number of urea groups is 1. The van der Waals surface area contributed by atoms with Gasteiger partial charge in [0, 0.05) is 23.4 Å². The van der Waals surface area contributed by atoms with Crippen LogP contribution in [0.3, 0.4) is 0 Å². The smallest absolute Gasteiger partial charge is 0.382 e. The van der Waals surface area contributed by atoms with Crippen LogP contribution in [-0.4, -0.2) is 36.1 Å². The van der Waals surface area contributed by atoms with Crippen molar-refractivity contribution in [2.45, 2.75) is 19.3 Å². The highest BCUT2D eigenvalue weighted by Crippen LogP contribution is 2.30. The van der Waals surface area contributed by atoms with Gasteiger partial charge in [-0.05, 0) is 36.4 Å². The lowest BCUT2D eigenvalue weighted by molar-refractivity contribution is -0.141. The molecule has 0 fully saturated rings. The quantitative estimate of drug-likeness (QED) is 0.314. The molecule has 7 nitrogen and oxygen atoms in total. The number of carbonyl (C=O) groups excluding carboxylic acids is 1. The molecule has 12 heteroatoms. The molecule has 3 aromatic rings. The first-order chi connectivity index (χ1) is 16.2. The average Bonchev–Trinajstić information content (AvgIpc) is 3.21. The van der Waals surface area contributed by atoms with Crippen LogP contribution in [0.15, 0.2) is 48.5 Å². The third-order valence-corrected chi connectivity index (χ3v) is 4.79. The number of amides is 2. The van der Waals surface area contributed by atoms with E-state index in [4.69, 9.17) is 21.1 Å². The van der Waals surface area contributed by atoms with E-state index in [2.05, 4.69) is 15.7 Å². The standard InChI is InChI=1S/C22H21ClF4N4O3/c1-33-7-8-34-13-14-5-6-16(10-19(14)24)29-21(32)28-12-18-11-20(22(25,26)27)30-31(18)17-4-2-3-15(23)9-17/h2-6,9-11H,7-8,12-13H2,1H3,(H2,28,29,32). The highest BCUT2D eigenvalue weighted by Gasteiger charge is 2.35. The van der Waals surface area contributed by atoms with Gasteiger partial charge in [-0.1, -0.05) is 23.7 Å². The van der Waals surface area contributed by atoms with Gasteiger partial charge in [0.25, 0.3) is 0 Å². The summed E-state index contributed by atoms with van der Waals surface area (Å²) in [6.07, 6.45) is -4.67. The molecule has 0 unspecified atom stereocenters. The molecule has 0 radical (unpaired) electrons. The van der Waals surface area contributed by atoms with E-state index in [1.54, 1.807) is 12.1 Å². The van der Waals surface area contributed by atoms with Crippen molar-refractivity contribution in [3.8, 4) is 5.69 Å². The highest BCUT2D eigenvalue weighted by molar-refractivity contribution is 6.30. The van der Waals surface area contributed by atoms with E-state index in [0.29, 0.717) is 29.5 Å². The molecular formula is C22H21ClF4N4O3. The molecule has 0 aliphatic carbocycles. The fourth-order valence-corrected chi connectivity index (χ4v) is 3.11. The number of nitrogens with zero attached hydrogens (tertiary/aromatic N) is 2. The zero-order valence-electron chi connectivity index (χ0n) is 18.0. The van der Waals surface area contributed by atoms with Crippen LogP contribution in [0.4, 0.5) is 28.0 Å². The molecule has 0 bridgehead atoms. The second-order valence-corrected chi connectivity index (χ2v) is 7.51. The van der Waals surface area contributed by atoms with Crippen LogP contribution in [0.2, 0.25) is 5.02 Å². The van der Waals surface area contributed by atoms with Gasteiger partial charge >= 0.3 is 12.2 Å². The van der Waals surface area contributed by atoms with E-state index in [-0.39, 0.29) is 24.5 Å². The van der Waals surface area contributed by atoms with E-state index in [9.17, 15) is 22.4 Å². The SMILES string of the molecule is COCCOCc1ccc(NC(=O)NCc2cc(C(F)(F)F)nn2-c2cccc(Cl)c2)cc1F. The number of rotatable bonds is 9. The van der Waals surface area contributed by atoms with Crippen molar-refractivity contribution in [3.05, 3.63) is 76.3 Å². The first-order valence-corrected chi connectivity index (χ1v) is 10.4. The second-order valence-electron chi connectivity index (χ2n) is 7.07. The molecule has 0 atom stereocenters. The first kappa shape index (κ1) is 25.5. The number of carbonyl (C=O) groups is 1. The van der Waals surface area contributed by atoms with Crippen molar-refractivity contribution in [1.29, 1.82) is 0 Å². The summed E-state index contributed by atoms with van der Waals surface area (Å²) in [5, 5.41) is 8.80. The van der Waals surface area contributed by atoms with E-state index in [1.165, 1.54) is 31.4 Å². The van der Waals surface area contributed by atoms with Gasteiger partial charge in [0.05, 0.1) is 37.7 Å². The maximum Gasteiger partial charge on any atom is 0.435 e. The number of hydrogen-bond donors (Lipinski definition) is 2. The molecule has 1 aromatic heterocycles. The Morgan fingerprint density at radius 2 is 1.94 bits per heavy atom. The first-order valence-electron chi connectivity index (χ1n) is 9.99. The maximum atomic E-state index is 14.2. The lowest BCUT2D eigenvalue weighted by Gasteiger charge is -2.11. The minimum Gasteiger partial charge on any atom is -0.382 e. The van der Waals surface area contributed by atoms with Crippen LogP contribution in [-0.2, 0) is 28.8 Å². The van der Waals surface area contributed by atoms with Gasteiger partial charge in [-0.3, -0.25) is 0 Å². The minimum atomic E-state index is -4.67. The fraction of sp³-hybridized carbons (Fsp3) is 0.273. The van der Waals surface area contributed by atoms with Gasteiger partial charge in [-0.2, -0.15) is 18.3 Å². The van der Waals surface area contributed by atoms with Gasteiger partial charge < -0.3 is 20.1 Å². The number of alkyl halides is 3. The van der Waals surface area contributed by atoms with E-state index in [0.717, 1.165) is 16.8 Å². The second kappa shape index (κ2) is 11.3. The number of anilines is 1. The Labute approximate surface area is 197 Å². The zero-order chi connectivity index (χ0) is 24.7. The molecule has 1 heterocycles. The van der Waals surface area contributed by atoms with Gasteiger partial charge in [0.15, 0.2) is 5.69 Å². The summed E-state index contributed by atoms with van der Waals surface area (Å²) in [6.45, 7) is 0.439. The van der Waals surface area contributed by atoms with Crippen molar-refractivity contribution in [1.82, 2.24) is 15.1 Å². The molecule has 0 aliphatic rings. The van der Waals surface area contributed by atoms with E-state index < -0.39 is 23.7 Å². The molecule has 2 aromatic carbocycles. The summed E-state index contributed by atoms with van der Waals surface area (Å²) >= 11 is 5.94. The number of ether oxygens (including phenoxy) is 2. The Morgan fingerprint density at radius 3 is 2.62 bits per heavy atom. The largest absolute Gasteiger partial charge is 0.435 e. The molecule has 2 amide bonds. The van der Waals surface area contributed by atoms with Crippen LogP contribution < -0.4 is 10.6 Å². The summed E-state index contributed by atoms with van der Waals surface area (Å²) < 4.78 is 65.0. The fourth-order valence-electron chi connectivity index (χ4n) is 2.93. The van der Waals surface area contributed by atoms with Crippen LogP contribution in [0.25, 0.3) is 5.69 Å². The summed E-state index contributed by atoms with van der Waals surface area (Å²) in [7, 11) is 1.52. The number of aromatic nitrogens is 2. The van der Waals surface area contributed by atoms with Crippen molar-refractivity contribution >= 4 is 23.3 Å². The van der Waals surface area contributed by atoms with Crippen molar-refractivity contribution < 1.29 is 31.8 Å². The Morgan fingerprint density at radius 1 is 1.15 bits per heavy atom. The summed E-state index contributed by atoms with van der Waals surface area (Å²) in [4.78, 5) is 12.3. The number of methoxy groups -OCH3 is 1. The summed E-state index contributed by atoms with van der Waals surface area (Å²) in [5.74, 6) is -0.580. The molecule has 182 valence electrons. The molecule has 0 saturated heterocycles. The Bertz CT molecular complexity index is 1140. The topological polar surface area (TPSA) is 77.4 Å². The van der Waals surface area contributed by atoms with Crippen molar-refractivity contribution in [2.75, 3.05) is 25.6 Å². The number of benzene rings is 2. The Hall–Kier alpha value is -3.15. The molecule has 0 aliphatic heterocycles. The highest BCUT2D eigenvalue weighted by atomic mass is 35.5. The van der Waals surface area contributed by atoms with Gasteiger partial charge in [0.1, 0.15) is 5.82 Å².